The third-order valence-corrected chi connectivity index (χ3v) is 24.0. The van der Waals surface area contributed by atoms with Gasteiger partial charge in [-0.2, -0.15) is 0 Å². The third-order valence-electron chi connectivity index (χ3n) is 23.5. The van der Waals surface area contributed by atoms with E-state index < -0.39 is 17.9 Å². The standard InChI is InChI=1S/C49H29N.C31H20BNO2.C18H11Br/c1-2-14-34-32(12-1)33-13-3-4-15-35(33)41-28-30(24-26-36(34)41)31-25-27-44-47(29-31)50-46-23-10-7-18-39(46)40-19-11-22-45(48(40)50)49(44)42-20-8-5-16-37(42)38-17-6-9-21-43(38)49;34-32(35)19-16-17-26-29(18-19)33-28-15-6-3-10-22(28)23-11-7-14-27(30(23)33)31(26)24-12-4-1-8-20(24)21-9-2-5-13-25(21)31;19-12-9-10-17-15-7-2-1-5-13(15)14-6-3-4-8-16(14)18(17)11-12/h1-29H;1-18,34-35H;1-11H. The summed E-state index contributed by atoms with van der Waals surface area (Å²) in [4.78, 5) is 0. The van der Waals surface area contributed by atoms with Crippen LogP contribution < -0.4 is 5.46 Å². The highest BCUT2D eigenvalue weighted by molar-refractivity contribution is 9.10. The van der Waals surface area contributed by atoms with Gasteiger partial charge in [-0.3, -0.25) is 0 Å². The zero-order valence-electron chi connectivity index (χ0n) is 56.2. The number of para-hydroxylation sites is 4. The van der Waals surface area contributed by atoms with Crippen molar-refractivity contribution in [3.05, 3.63) is 401 Å². The van der Waals surface area contributed by atoms with Crippen molar-refractivity contribution < 1.29 is 10.0 Å². The van der Waals surface area contributed by atoms with Crippen LogP contribution in [0.2, 0.25) is 0 Å². The first-order valence-electron chi connectivity index (χ1n) is 35.8. The van der Waals surface area contributed by atoms with Crippen molar-refractivity contribution in [1.82, 2.24) is 9.13 Å². The Morgan fingerprint density at radius 1 is 0.231 bits per heavy atom. The van der Waals surface area contributed by atoms with E-state index in [4.69, 9.17) is 0 Å². The van der Waals surface area contributed by atoms with E-state index >= 15 is 0 Å². The first-order valence-corrected chi connectivity index (χ1v) is 36.6. The van der Waals surface area contributed by atoms with Crippen molar-refractivity contribution in [2.24, 2.45) is 0 Å². The Balaban J connectivity index is 0.000000109. The van der Waals surface area contributed by atoms with Gasteiger partial charge in [0.05, 0.1) is 44.3 Å². The summed E-state index contributed by atoms with van der Waals surface area (Å²) in [7, 11) is -1.53. The van der Waals surface area contributed by atoms with Gasteiger partial charge in [0.2, 0.25) is 0 Å². The van der Waals surface area contributed by atoms with Crippen molar-refractivity contribution in [2.45, 2.75) is 10.8 Å². The summed E-state index contributed by atoms with van der Waals surface area (Å²) in [6.07, 6.45) is 0. The molecule has 2 spiro atoms. The number of fused-ring (bicyclic) bond motifs is 36. The molecule has 0 unspecified atom stereocenters. The monoisotopic (exact) mass is 1390 g/mol. The second-order valence-electron chi connectivity index (χ2n) is 28.3. The van der Waals surface area contributed by atoms with Crippen molar-refractivity contribution >= 4 is 137 Å². The van der Waals surface area contributed by atoms with Crippen LogP contribution in [0.25, 0.3) is 153 Å². The Morgan fingerprint density at radius 3 is 0.971 bits per heavy atom. The van der Waals surface area contributed by atoms with Crippen molar-refractivity contribution in [2.75, 3.05) is 0 Å². The van der Waals surface area contributed by atoms with Crippen LogP contribution in [-0.2, 0) is 10.8 Å². The summed E-state index contributed by atoms with van der Waals surface area (Å²) in [5.41, 5.74) is 24.6. The first-order chi connectivity index (χ1) is 51.4. The molecule has 20 aromatic rings. The minimum atomic E-state index is -1.53. The number of aromatic nitrogens is 2. The summed E-state index contributed by atoms with van der Waals surface area (Å²) in [6.45, 7) is 0. The molecule has 0 saturated carbocycles. The quantitative estimate of drug-likeness (QED) is 0.134. The van der Waals surface area contributed by atoms with Gasteiger partial charge in [-0.1, -0.05) is 325 Å². The van der Waals surface area contributed by atoms with Crippen molar-refractivity contribution in [1.29, 1.82) is 0 Å². The van der Waals surface area contributed by atoms with Crippen LogP contribution >= 0.6 is 15.9 Å². The Morgan fingerprint density at radius 2 is 0.538 bits per heavy atom. The molecular weight excluding hydrogens is 1330 g/mol. The number of hydrogen-bond acceptors (Lipinski definition) is 2. The summed E-state index contributed by atoms with van der Waals surface area (Å²) >= 11 is 3.58. The van der Waals surface area contributed by atoms with Gasteiger partial charge in [0.25, 0.3) is 0 Å². The molecule has 2 aliphatic heterocycles. The average molecular weight is 1390 g/mol. The summed E-state index contributed by atoms with van der Waals surface area (Å²) in [5, 5.41) is 40.9. The van der Waals surface area contributed by atoms with Gasteiger partial charge in [-0.05, 0) is 190 Å². The van der Waals surface area contributed by atoms with E-state index in [-0.39, 0.29) is 0 Å². The maximum absolute atomic E-state index is 10.1. The van der Waals surface area contributed by atoms with E-state index in [1.54, 1.807) is 0 Å². The van der Waals surface area contributed by atoms with Crippen LogP contribution in [-0.4, -0.2) is 26.3 Å². The molecule has 6 heteroatoms. The minimum Gasteiger partial charge on any atom is -0.423 e. The van der Waals surface area contributed by atoms with Gasteiger partial charge in [-0.25, -0.2) is 0 Å². The van der Waals surface area contributed by atoms with Crippen LogP contribution in [0.15, 0.2) is 356 Å². The molecule has 0 fully saturated rings. The van der Waals surface area contributed by atoms with Crippen LogP contribution in [0.1, 0.15) is 44.5 Å². The molecule has 0 bridgehead atoms. The second kappa shape index (κ2) is 22.3. The van der Waals surface area contributed by atoms with E-state index in [1.807, 2.05) is 12.1 Å². The van der Waals surface area contributed by atoms with E-state index in [2.05, 4.69) is 365 Å². The molecule has 484 valence electrons. The molecule has 4 nitrogen and oxygen atoms in total. The summed E-state index contributed by atoms with van der Waals surface area (Å²) in [6, 6.07) is 128. The summed E-state index contributed by atoms with van der Waals surface area (Å²) < 4.78 is 5.99. The lowest BCUT2D eigenvalue weighted by atomic mass is 9.64. The van der Waals surface area contributed by atoms with Crippen molar-refractivity contribution in [3.63, 3.8) is 0 Å². The van der Waals surface area contributed by atoms with Gasteiger partial charge in [0.1, 0.15) is 0 Å². The normalized spacial score (nSPS) is 13.5. The molecule has 0 radical (unpaired) electrons. The van der Waals surface area contributed by atoms with E-state index in [1.165, 1.54) is 181 Å². The second-order valence-corrected chi connectivity index (χ2v) is 29.2. The number of halogens is 1. The average Bonchev–Trinajstić information content (AvgIpc) is 1.48. The lowest BCUT2D eigenvalue weighted by Crippen LogP contribution is -2.36. The SMILES string of the molecule is Brc1ccc2c3ccccc3c3ccccc3c2c1.OB(O)c1ccc2c(c1)-n1c3ccccc3c3cccc(c31)C21c2ccccc2-c2ccccc21.c1ccc2c(c1)-c1ccccc1C21c2ccc(-c3ccc4c5ccccc5c5ccccc5c4c3)cc2-n2c3ccccc3c3cccc1c32. The fourth-order valence-corrected chi connectivity index (χ4v) is 19.8. The molecule has 24 rings (SSSR count). The molecule has 4 aliphatic rings. The Bertz CT molecular complexity index is 6980. The molecule has 0 atom stereocenters. The maximum atomic E-state index is 10.1. The third kappa shape index (κ3) is 7.94. The van der Waals surface area contributed by atoms with Gasteiger partial charge >= 0.3 is 7.12 Å². The van der Waals surface area contributed by atoms with Crippen molar-refractivity contribution in [3.8, 4) is 44.8 Å². The maximum Gasteiger partial charge on any atom is 0.488 e. The fraction of sp³-hybridized carbons (Fsp3) is 0.0204. The van der Waals surface area contributed by atoms with Gasteiger partial charge in [0, 0.05) is 26.0 Å². The van der Waals surface area contributed by atoms with E-state index in [0.29, 0.717) is 5.46 Å². The molecular formula is C98H60BBrN2O2. The zero-order valence-corrected chi connectivity index (χ0v) is 57.8. The van der Waals surface area contributed by atoms with Crippen LogP contribution in [0, 0.1) is 0 Å². The van der Waals surface area contributed by atoms with Gasteiger partial charge < -0.3 is 19.2 Å². The smallest absolute Gasteiger partial charge is 0.423 e. The minimum absolute atomic E-state index is 0.427. The lowest BCUT2D eigenvalue weighted by molar-refractivity contribution is 0.425. The molecule has 18 aromatic carbocycles. The number of benzene rings is 18. The largest absolute Gasteiger partial charge is 0.488 e. The predicted octanol–water partition coefficient (Wildman–Crippen LogP) is 23.6. The first kappa shape index (κ1) is 59.3. The number of nitrogens with zero attached hydrogens (tertiary/aromatic N) is 2. The molecule has 104 heavy (non-hydrogen) atoms. The van der Waals surface area contributed by atoms with E-state index in [9.17, 15) is 10.0 Å². The zero-order chi connectivity index (χ0) is 68.7. The fourth-order valence-electron chi connectivity index (χ4n) is 19.5. The molecule has 0 saturated heterocycles. The highest BCUT2D eigenvalue weighted by Gasteiger charge is 2.53. The topological polar surface area (TPSA) is 50.3 Å². The van der Waals surface area contributed by atoms with Gasteiger partial charge in [-0.15, -0.1) is 0 Å². The molecule has 4 heterocycles. The van der Waals surface area contributed by atoms with Crippen LogP contribution in [0.3, 0.4) is 0 Å². The Kier molecular flexibility index (Phi) is 12.7. The molecule has 0 amide bonds. The molecule has 2 N–H and O–H groups in total. The molecule has 2 aliphatic carbocycles. The lowest BCUT2D eigenvalue weighted by Gasteiger charge is -2.39. The Labute approximate surface area is 608 Å². The predicted molar refractivity (Wildman–Crippen MR) is 438 cm³/mol. The van der Waals surface area contributed by atoms with Crippen LogP contribution in [0.4, 0.5) is 0 Å². The number of rotatable bonds is 2. The highest BCUT2D eigenvalue weighted by Crippen LogP contribution is 2.63. The van der Waals surface area contributed by atoms with E-state index in [0.717, 1.165) is 21.2 Å². The highest BCUT2D eigenvalue weighted by atomic mass is 79.9. The Hall–Kier alpha value is -12.4. The van der Waals surface area contributed by atoms with Crippen LogP contribution in [0.5, 0.6) is 0 Å². The summed E-state index contributed by atoms with van der Waals surface area (Å²) in [5.74, 6) is 0. The van der Waals surface area contributed by atoms with Gasteiger partial charge in [0.15, 0.2) is 0 Å². The number of hydrogen-bond donors (Lipinski definition) is 2. The molecule has 2 aromatic heterocycles.